The second kappa shape index (κ2) is 5.96. The predicted molar refractivity (Wildman–Crippen MR) is 93.0 cm³/mol. The summed E-state index contributed by atoms with van der Waals surface area (Å²) in [6.45, 7) is 0. The molecule has 0 bridgehead atoms. The molecule has 122 valence electrons. The number of esters is 1. The minimum absolute atomic E-state index is 0.0565. The molecule has 1 aliphatic heterocycles. The van der Waals surface area contributed by atoms with Crippen LogP contribution in [0.25, 0.3) is 10.9 Å². The topological polar surface area (TPSA) is 58.7 Å². The van der Waals surface area contributed by atoms with E-state index in [4.69, 9.17) is 16.3 Å². The Kier molecular flexibility index (Phi) is 3.79. The van der Waals surface area contributed by atoms with Crippen molar-refractivity contribution < 1.29 is 14.8 Å². The number of benzene rings is 2. The molecule has 0 saturated heterocycles. The Bertz CT molecular complexity index is 919. The maximum absolute atomic E-state index is 12.2. The van der Waals surface area contributed by atoms with Crippen molar-refractivity contribution in [3.8, 4) is 0 Å². The van der Waals surface area contributed by atoms with E-state index in [-0.39, 0.29) is 18.1 Å². The van der Waals surface area contributed by atoms with E-state index < -0.39 is 0 Å². The van der Waals surface area contributed by atoms with Gasteiger partial charge in [0.1, 0.15) is 0 Å². The first-order chi connectivity index (χ1) is 11.7. The zero-order chi connectivity index (χ0) is 16.7. The molecule has 0 aliphatic carbocycles. The van der Waals surface area contributed by atoms with Crippen molar-refractivity contribution >= 4 is 28.5 Å². The Morgan fingerprint density at radius 1 is 1.21 bits per heavy atom. The summed E-state index contributed by atoms with van der Waals surface area (Å²) >= 11 is 6.43. The molecule has 3 N–H and O–H groups in total. The molecule has 0 unspecified atom stereocenters. The summed E-state index contributed by atoms with van der Waals surface area (Å²) in [6, 6.07) is 15.6. The Morgan fingerprint density at radius 2 is 1.96 bits per heavy atom. The van der Waals surface area contributed by atoms with Gasteiger partial charge in [0.05, 0.1) is 17.8 Å². The van der Waals surface area contributed by atoms with E-state index in [0.717, 1.165) is 22.2 Å². The molecule has 5 heteroatoms. The zero-order valence-electron chi connectivity index (χ0n) is 13.3. The summed E-state index contributed by atoms with van der Waals surface area (Å²) in [7, 11) is 1.44. The summed E-state index contributed by atoms with van der Waals surface area (Å²) in [5.41, 5.74) is 4.37. The lowest BCUT2D eigenvalue weighted by Crippen LogP contribution is -2.94. The lowest BCUT2D eigenvalue weighted by atomic mass is 9.90. The minimum atomic E-state index is -0.275. The molecular formula is C19H18ClN2O2+. The molecule has 2 heterocycles. The number of halogens is 1. The molecule has 2 aromatic carbocycles. The van der Waals surface area contributed by atoms with E-state index in [9.17, 15) is 4.79 Å². The molecule has 4 nitrogen and oxygen atoms in total. The van der Waals surface area contributed by atoms with Gasteiger partial charge in [0.2, 0.25) is 0 Å². The Hall–Kier alpha value is -2.30. The van der Waals surface area contributed by atoms with Crippen molar-refractivity contribution in [2.24, 2.45) is 0 Å². The number of H-pyrrole nitrogens is 1. The number of para-hydroxylation sites is 1. The second-order valence-electron chi connectivity index (χ2n) is 6.09. The highest BCUT2D eigenvalue weighted by Crippen LogP contribution is 2.34. The van der Waals surface area contributed by atoms with Gasteiger partial charge in [0.15, 0.2) is 12.1 Å². The van der Waals surface area contributed by atoms with Gasteiger partial charge in [0.25, 0.3) is 0 Å². The van der Waals surface area contributed by atoms with Gasteiger partial charge < -0.3 is 15.0 Å². The van der Waals surface area contributed by atoms with Gasteiger partial charge in [-0.2, -0.15) is 0 Å². The highest BCUT2D eigenvalue weighted by atomic mass is 35.5. The number of quaternary nitrogens is 1. The molecular weight excluding hydrogens is 324 g/mol. The molecule has 0 amide bonds. The minimum Gasteiger partial charge on any atom is -0.465 e. The van der Waals surface area contributed by atoms with E-state index >= 15 is 0 Å². The second-order valence-corrected chi connectivity index (χ2v) is 6.50. The summed E-state index contributed by atoms with van der Waals surface area (Å²) in [5, 5.41) is 3.91. The molecule has 2 atom stereocenters. The number of fused-ring (bicyclic) bond motifs is 3. The first-order valence-electron chi connectivity index (χ1n) is 7.95. The third kappa shape index (κ3) is 2.39. The van der Waals surface area contributed by atoms with E-state index in [1.165, 1.54) is 12.7 Å². The fraction of sp³-hybridized carbons (Fsp3) is 0.211. The van der Waals surface area contributed by atoms with Gasteiger partial charge in [0, 0.05) is 22.9 Å². The summed E-state index contributed by atoms with van der Waals surface area (Å²) in [6.07, 6.45) is 0.646. The van der Waals surface area contributed by atoms with Crippen molar-refractivity contribution in [1.82, 2.24) is 4.98 Å². The van der Waals surface area contributed by atoms with Crippen LogP contribution in [0.5, 0.6) is 0 Å². The van der Waals surface area contributed by atoms with Crippen LogP contribution in [0.1, 0.15) is 22.9 Å². The number of aromatic nitrogens is 1. The van der Waals surface area contributed by atoms with Crippen molar-refractivity contribution in [3.63, 3.8) is 0 Å². The molecule has 0 fully saturated rings. The number of nitrogens with one attached hydrogen (secondary N) is 1. The van der Waals surface area contributed by atoms with Crippen molar-refractivity contribution in [1.29, 1.82) is 0 Å². The number of nitrogens with two attached hydrogens (primary N) is 1. The monoisotopic (exact) mass is 341 g/mol. The fourth-order valence-corrected chi connectivity index (χ4v) is 3.88. The number of hydrogen-bond donors (Lipinski definition) is 2. The van der Waals surface area contributed by atoms with Gasteiger partial charge >= 0.3 is 5.97 Å². The van der Waals surface area contributed by atoms with Crippen LogP contribution in [-0.4, -0.2) is 24.1 Å². The Morgan fingerprint density at radius 3 is 2.75 bits per heavy atom. The SMILES string of the molecule is COC(=O)[C@@H]1Cc2c([nH]c3ccccc23)[C@H](c2ccccc2Cl)[NH2+]1. The first kappa shape index (κ1) is 15.2. The van der Waals surface area contributed by atoms with Crippen LogP contribution in [0.3, 0.4) is 0 Å². The number of carbonyl (C=O) groups is 1. The molecule has 0 saturated carbocycles. The van der Waals surface area contributed by atoms with Crippen LogP contribution in [0, 0.1) is 0 Å². The Balaban J connectivity index is 1.90. The first-order valence-corrected chi connectivity index (χ1v) is 8.33. The number of ether oxygens (including phenoxy) is 1. The largest absolute Gasteiger partial charge is 0.465 e. The van der Waals surface area contributed by atoms with E-state index in [0.29, 0.717) is 11.4 Å². The molecule has 3 aromatic rings. The normalized spacial score (nSPS) is 19.9. The van der Waals surface area contributed by atoms with Gasteiger partial charge in [-0.3, -0.25) is 0 Å². The molecule has 24 heavy (non-hydrogen) atoms. The standard InChI is InChI=1S/C19H17ClN2O2/c1-24-19(23)16-10-13-11-6-3-5-9-15(11)21-18(13)17(22-16)12-7-2-4-8-14(12)20/h2-9,16-17,21-22H,10H2,1H3/p+1/t16-,17-/m0/s1. The smallest absolute Gasteiger partial charge is 0.364 e. The van der Waals surface area contributed by atoms with Crippen LogP contribution in [0.2, 0.25) is 5.02 Å². The van der Waals surface area contributed by atoms with Gasteiger partial charge in [-0.15, -0.1) is 0 Å². The molecule has 0 spiro atoms. The van der Waals surface area contributed by atoms with Crippen molar-refractivity contribution in [2.75, 3.05) is 7.11 Å². The molecule has 1 aromatic heterocycles. The van der Waals surface area contributed by atoms with Crippen LogP contribution in [0.4, 0.5) is 0 Å². The van der Waals surface area contributed by atoms with E-state index in [1.54, 1.807) is 0 Å². The number of carbonyl (C=O) groups excluding carboxylic acids is 1. The lowest BCUT2D eigenvalue weighted by molar-refractivity contribution is -0.712. The summed E-state index contributed by atoms with van der Waals surface area (Å²) in [5.74, 6) is -0.206. The van der Waals surface area contributed by atoms with Gasteiger partial charge in [-0.1, -0.05) is 48.0 Å². The lowest BCUT2D eigenvalue weighted by Gasteiger charge is -2.27. The Labute approximate surface area is 144 Å². The van der Waals surface area contributed by atoms with Crippen molar-refractivity contribution in [3.05, 3.63) is 70.4 Å². The van der Waals surface area contributed by atoms with Gasteiger partial charge in [-0.05, 0) is 17.7 Å². The predicted octanol–water partition coefficient (Wildman–Crippen LogP) is 2.57. The summed E-state index contributed by atoms with van der Waals surface area (Å²) < 4.78 is 4.99. The van der Waals surface area contributed by atoms with Crippen LogP contribution >= 0.6 is 11.6 Å². The third-order valence-electron chi connectivity index (χ3n) is 4.75. The fourth-order valence-electron chi connectivity index (χ4n) is 3.62. The molecule has 1 aliphatic rings. The number of aromatic amines is 1. The zero-order valence-corrected chi connectivity index (χ0v) is 14.0. The third-order valence-corrected chi connectivity index (χ3v) is 5.09. The molecule has 4 rings (SSSR count). The van der Waals surface area contributed by atoms with Crippen LogP contribution < -0.4 is 5.32 Å². The van der Waals surface area contributed by atoms with Crippen LogP contribution in [-0.2, 0) is 16.0 Å². The number of methoxy groups -OCH3 is 1. The van der Waals surface area contributed by atoms with Crippen molar-refractivity contribution in [2.45, 2.75) is 18.5 Å². The van der Waals surface area contributed by atoms with E-state index in [1.807, 2.05) is 41.7 Å². The molecule has 0 radical (unpaired) electrons. The maximum Gasteiger partial charge on any atom is 0.364 e. The average molecular weight is 342 g/mol. The van der Waals surface area contributed by atoms with Crippen LogP contribution in [0.15, 0.2) is 48.5 Å². The number of hydrogen-bond acceptors (Lipinski definition) is 2. The van der Waals surface area contributed by atoms with E-state index in [2.05, 4.69) is 17.1 Å². The maximum atomic E-state index is 12.2. The number of rotatable bonds is 2. The highest BCUT2D eigenvalue weighted by Gasteiger charge is 2.38. The quantitative estimate of drug-likeness (QED) is 0.704. The summed E-state index contributed by atoms with van der Waals surface area (Å²) in [4.78, 5) is 15.7. The van der Waals surface area contributed by atoms with Gasteiger partial charge in [-0.25, -0.2) is 4.79 Å². The average Bonchev–Trinajstić information content (AvgIpc) is 2.99. The highest BCUT2D eigenvalue weighted by molar-refractivity contribution is 6.31.